The highest BCUT2D eigenvalue weighted by molar-refractivity contribution is 5.94. The normalized spacial score (nSPS) is 17.0. The maximum Gasteiger partial charge on any atom is 0.326 e. The van der Waals surface area contributed by atoms with E-state index < -0.39 is 66.7 Å². The standard InChI is InChI=1S/C17H33N5O8/c1-8(24)12(19)15(27)21-11(7-23)14(26)22-13(9(2)25)16(28)20-10(17(29)30)5-3-4-6-18/h8-13,23-25H,3-7,18-19H2,1-2H3,(H,20,28)(H,21,27)(H,22,26)(H,29,30). The zero-order chi connectivity index (χ0) is 23.4. The van der Waals surface area contributed by atoms with Gasteiger partial charge < -0.3 is 47.8 Å². The Hall–Kier alpha value is -2.32. The van der Waals surface area contributed by atoms with Gasteiger partial charge in [-0.1, -0.05) is 0 Å². The van der Waals surface area contributed by atoms with Crippen molar-refractivity contribution in [2.45, 2.75) is 69.5 Å². The molecule has 0 aliphatic carbocycles. The van der Waals surface area contributed by atoms with Crippen LogP contribution in [0.2, 0.25) is 0 Å². The molecular formula is C17H33N5O8. The molecule has 0 radical (unpaired) electrons. The number of carbonyl (C=O) groups excluding carboxylic acids is 3. The Morgan fingerprint density at radius 2 is 1.43 bits per heavy atom. The molecule has 0 saturated heterocycles. The summed E-state index contributed by atoms with van der Waals surface area (Å²) in [5.41, 5.74) is 10.8. The van der Waals surface area contributed by atoms with Gasteiger partial charge in [-0.15, -0.1) is 0 Å². The first-order chi connectivity index (χ1) is 14.0. The summed E-state index contributed by atoms with van der Waals surface area (Å²) in [5.74, 6) is -4.17. The van der Waals surface area contributed by atoms with E-state index >= 15 is 0 Å². The van der Waals surface area contributed by atoms with Crippen LogP contribution in [-0.2, 0) is 19.2 Å². The smallest absolute Gasteiger partial charge is 0.326 e. The Bertz CT molecular complexity index is 586. The van der Waals surface area contributed by atoms with Crippen LogP contribution < -0.4 is 27.4 Å². The van der Waals surface area contributed by atoms with Crippen molar-refractivity contribution in [2.24, 2.45) is 11.5 Å². The predicted molar refractivity (Wildman–Crippen MR) is 105 cm³/mol. The molecule has 0 spiro atoms. The molecule has 6 unspecified atom stereocenters. The number of carboxylic acid groups (broad SMARTS) is 1. The Balaban J connectivity index is 5.13. The highest BCUT2D eigenvalue weighted by Crippen LogP contribution is 2.03. The molecule has 0 aromatic carbocycles. The summed E-state index contributed by atoms with van der Waals surface area (Å²) >= 11 is 0. The van der Waals surface area contributed by atoms with Crippen molar-refractivity contribution in [3.05, 3.63) is 0 Å². The van der Waals surface area contributed by atoms with Gasteiger partial charge in [0, 0.05) is 0 Å². The summed E-state index contributed by atoms with van der Waals surface area (Å²) in [6.07, 6.45) is -1.52. The largest absolute Gasteiger partial charge is 0.480 e. The van der Waals surface area contributed by atoms with Gasteiger partial charge in [0.05, 0.1) is 18.8 Å². The number of nitrogens with one attached hydrogen (secondary N) is 3. The molecule has 0 rings (SSSR count). The highest BCUT2D eigenvalue weighted by atomic mass is 16.4. The van der Waals surface area contributed by atoms with Crippen LogP contribution in [0, 0.1) is 0 Å². The van der Waals surface area contributed by atoms with Gasteiger partial charge >= 0.3 is 5.97 Å². The minimum absolute atomic E-state index is 0.102. The first-order valence-corrected chi connectivity index (χ1v) is 9.52. The summed E-state index contributed by atoms with van der Waals surface area (Å²) < 4.78 is 0. The van der Waals surface area contributed by atoms with Gasteiger partial charge in [-0.2, -0.15) is 0 Å². The van der Waals surface area contributed by atoms with E-state index in [4.69, 9.17) is 11.5 Å². The number of rotatable bonds is 14. The van der Waals surface area contributed by atoms with Gasteiger partial charge in [-0.05, 0) is 39.7 Å². The summed E-state index contributed by atoms with van der Waals surface area (Å²) in [5, 5.41) is 44.3. The second-order valence-corrected chi connectivity index (χ2v) is 6.92. The van der Waals surface area contributed by atoms with Crippen LogP contribution in [0.3, 0.4) is 0 Å². The third kappa shape index (κ3) is 9.45. The number of hydrogen-bond donors (Lipinski definition) is 9. The number of nitrogens with two attached hydrogens (primary N) is 2. The molecule has 0 aromatic heterocycles. The van der Waals surface area contributed by atoms with Crippen molar-refractivity contribution < 1.29 is 39.6 Å². The lowest BCUT2D eigenvalue weighted by Crippen LogP contribution is -2.61. The number of aliphatic hydroxyl groups excluding tert-OH is 3. The number of amides is 3. The van der Waals surface area contributed by atoms with Crippen molar-refractivity contribution in [3.8, 4) is 0 Å². The van der Waals surface area contributed by atoms with Crippen LogP contribution in [0.15, 0.2) is 0 Å². The molecule has 0 heterocycles. The third-order valence-corrected chi connectivity index (χ3v) is 4.26. The van der Waals surface area contributed by atoms with Crippen LogP contribution in [0.5, 0.6) is 0 Å². The molecular weight excluding hydrogens is 402 g/mol. The van der Waals surface area contributed by atoms with Gasteiger partial charge in [0.15, 0.2) is 0 Å². The number of carboxylic acids is 1. The fourth-order valence-corrected chi connectivity index (χ4v) is 2.35. The fraction of sp³-hybridized carbons (Fsp3) is 0.765. The number of aliphatic carboxylic acids is 1. The van der Waals surface area contributed by atoms with Crippen LogP contribution in [0.1, 0.15) is 33.1 Å². The van der Waals surface area contributed by atoms with Gasteiger partial charge in [0.2, 0.25) is 17.7 Å². The molecule has 30 heavy (non-hydrogen) atoms. The summed E-state index contributed by atoms with van der Waals surface area (Å²) in [7, 11) is 0. The maximum absolute atomic E-state index is 12.4. The van der Waals surface area contributed by atoms with Crippen molar-refractivity contribution in [1.82, 2.24) is 16.0 Å². The van der Waals surface area contributed by atoms with Crippen molar-refractivity contribution in [1.29, 1.82) is 0 Å². The lowest BCUT2D eigenvalue weighted by molar-refractivity contribution is -0.143. The van der Waals surface area contributed by atoms with Crippen LogP contribution >= 0.6 is 0 Å². The van der Waals surface area contributed by atoms with E-state index in [0.29, 0.717) is 19.4 Å². The lowest BCUT2D eigenvalue weighted by atomic mass is 10.1. The zero-order valence-electron chi connectivity index (χ0n) is 17.1. The average molecular weight is 435 g/mol. The van der Waals surface area contributed by atoms with Gasteiger partial charge in [-0.25, -0.2) is 4.79 Å². The van der Waals surface area contributed by atoms with Gasteiger partial charge in [0.25, 0.3) is 0 Å². The Kier molecular flexibility index (Phi) is 12.8. The first kappa shape index (κ1) is 27.7. The number of carbonyl (C=O) groups is 4. The lowest BCUT2D eigenvalue weighted by Gasteiger charge is -2.26. The quantitative estimate of drug-likeness (QED) is 0.119. The molecule has 13 nitrogen and oxygen atoms in total. The molecule has 0 fully saturated rings. The minimum Gasteiger partial charge on any atom is -0.480 e. The van der Waals surface area contributed by atoms with E-state index in [0.717, 1.165) is 0 Å². The topological polar surface area (TPSA) is 237 Å². The molecule has 6 atom stereocenters. The number of hydrogen-bond acceptors (Lipinski definition) is 9. The van der Waals surface area contributed by atoms with E-state index in [9.17, 15) is 39.6 Å². The maximum atomic E-state index is 12.4. The summed E-state index contributed by atoms with van der Waals surface area (Å²) in [6, 6.07) is -5.67. The van der Waals surface area contributed by atoms with Crippen LogP contribution in [0.4, 0.5) is 0 Å². The number of aliphatic hydroxyl groups is 3. The Labute approximate surface area is 174 Å². The van der Waals surface area contributed by atoms with E-state index in [1.54, 1.807) is 0 Å². The Morgan fingerprint density at radius 3 is 1.87 bits per heavy atom. The molecule has 174 valence electrons. The summed E-state index contributed by atoms with van der Waals surface area (Å²) in [4.78, 5) is 48.0. The van der Waals surface area contributed by atoms with Crippen LogP contribution in [0.25, 0.3) is 0 Å². The predicted octanol–water partition coefficient (Wildman–Crippen LogP) is -4.26. The fourth-order valence-electron chi connectivity index (χ4n) is 2.35. The van der Waals surface area contributed by atoms with Crippen LogP contribution in [-0.4, -0.2) is 93.6 Å². The van der Waals surface area contributed by atoms with E-state index in [-0.39, 0.29) is 6.42 Å². The zero-order valence-corrected chi connectivity index (χ0v) is 17.1. The SMILES string of the molecule is CC(O)C(N)C(=O)NC(CO)C(=O)NC(C(=O)NC(CCCCN)C(=O)O)C(C)O. The highest BCUT2D eigenvalue weighted by Gasteiger charge is 2.32. The molecule has 0 saturated carbocycles. The number of unbranched alkanes of at least 4 members (excludes halogenated alkanes) is 1. The van der Waals surface area contributed by atoms with Crippen molar-refractivity contribution >= 4 is 23.7 Å². The van der Waals surface area contributed by atoms with Crippen molar-refractivity contribution in [2.75, 3.05) is 13.2 Å². The molecule has 0 aromatic rings. The molecule has 13 heteroatoms. The molecule has 11 N–H and O–H groups in total. The van der Waals surface area contributed by atoms with E-state index in [1.807, 2.05) is 0 Å². The summed E-state index contributed by atoms with van der Waals surface area (Å²) in [6.45, 7) is 1.97. The van der Waals surface area contributed by atoms with E-state index in [2.05, 4.69) is 16.0 Å². The Morgan fingerprint density at radius 1 is 0.867 bits per heavy atom. The average Bonchev–Trinajstić information content (AvgIpc) is 2.67. The first-order valence-electron chi connectivity index (χ1n) is 9.52. The third-order valence-electron chi connectivity index (χ3n) is 4.26. The molecule has 3 amide bonds. The van der Waals surface area contributed by atoms with Crippen molar-refractivity contribution in [3.63, 3.8) is 0 Å². The van der Waals surface area contributed by atoms with E-state index in [1.165, 1.54) is 13.8 Å². The molecule has 0 aliphatic heterocycles. The monoisotopic (exact) mass is 435 g/mol. The second-order valence-electron chi connectivity index (χ2n) is 6.92. The molecule has 0 bridgehead atoms. The molecule has 0 aliphatic rings. The van der Waals surface area contributed by atoms with Gasteiger partial charge in [0.1, 0.15) is 24.2 Å². The minimum atomic E-state index is -1.55. The van der Waals surface area contributed by atoms with Gasteiger partial charge in [-0.3, -0.25) is 14.4 Å². The second kappa shape index (κ2) is 13.8.